The van der Waals surface area contributed by atoms with Gasteiger partial charge in [0.1, 0.15) is 12.6 Å². The molecule has 0 heterocycles. The highest BCUT2D eigenvalue weighted by molar-refractivity contribution is 14.1. The number of halogens is 3. The smallest absolute Gasteiger partial charge is 0.264 e. The van der Waals surface area contributed by atoms with Crippen molar-refractivity contribution in [2.45, 2.75) is 23.9 Å². The quantitative estimate of drug-likeness (QED) is 0.187. The van der Waals surface area contributed by atoms with E-state index in [4.69, 9.17) is 23.2 Å². The van der Waals surface area contributed by atoms with E-state index >= 15 is 0 Å². The fourth-order valence-electron chi connectivity index (χ4n) is 4.43. The van der Waals surface area contributed by atoms with Crippen molar-refractivity contribution in [2.24, 2.45) is 0 Å². The maximum Gasteiger partial charge on any atom is 0.264 e. The second kappa shape index (κ2) is 14.4. The average Bonchev–Trinajstić information content (AvgIpc) is 3.00. The monoisotopic (exact) mass is 735 g/mol. The van der Waals surface area contributed by atoms with Gasteiger partial charge in [-0.3, -0.25) is 13.9 Å². The number of hydrogen-bond donors (Lipinski definition) is 1. The third kappa shape index (κ3) is 7.63. The number of rotatable bonds is 11. The fraction of sp³-hybridized carbons (Fsp3) is 0.161. The van der Waals surface area contributed by atoms with Crippen LogP contribution in [0, 0.1) is 3.57 Å². The summed E-state index contributed by atoms with van der Waals surface area (Å²) in [6, 6.07) is 28.0. The van der Waals surface area contributed by atoms with Gasteiger partial charge in [-0.1, -0.05) is 77.8 Å². The maximum absolute atomic E-state index is 14.3. The minimum atomic E-state index is -4.16. The van der Waals surface area contributed by atoms with E-state index in [0.29, 0.717) is 21.3 Å². The summed E-state index contributed by atoms with van der Waals surface area (Å²) in [5, 5.41) is 3.29. The molecule has 4 rings (SSSR count). The summed E-state index contributed by atoms with van der Waals surface area (Å²) in [5.41, 5.74) is 1.58. The predicted octanol–water partition coefficient (Wildman–Crippen LogP) is 6.18. The van der Waals surface area contributed by atoms with Crippen LogP contribution >= 0.6 is 45.8 Å². The van der Waals surface area contributed by atoms with Gasteiger partial charge in [-0.2, -0.15) is 0 Å². The van der Waals surface area contributed by atoms with E-state index in [-0.39, 0.29) is 17.9 Å². The Hall–Kier alpha value is -3.12. The number of anilines is 1. The van der Waals surface area contributed by atoms with Gasteiger partial charge in [0.25, 0.3) is 10.0 Å². The van der Waals surface area contributed by atoms with E-state index in [1.807, 2.05) is 30.3 Å². The van der Waals surface area contributed by atoms with Crippen LogP contribution in [0.2, 0.25) is 10.0 Å². The summed E-state index contributed by atoms with van der Waals surface area (Å²) >= 11 is 15.1. The molecule has 2 amide bonds. The SMILES string of the molecule is CNC(=O)[C@@H](Cc1ccccc1)N(Cc1c(Cl)cccc1Cl)C(=O)CN(c1ccc(I)cc1)S(=O)(=O)c1ccccc1. The van der Waals surface area contributed by atoms with Crippen LogP contribution in [-0.2, 0) is 32.6 Å². The molecule has 4 aromatic rings. The summed E-state index contributed by atoms with van der Waals surface area (Å²) in [5.74, 6) is -1.02. The number of likely N-dealkylation sites (N-methyl/N-ethyl adjacent to an activating group) is 1. The lowest BCUT2D eigenvalue weighted by atomic mass is 10.0. The van der Waals surface area contributed by atoms with Crippen molar-refractivity contribution in [3.05, 3.63) is 128 Å². The number of sulfonamides is 1. The van der Waals surface area contributed by atoms with E-state index < -0.39 is 34.4 Å². The van der Waals surface area contributed by atoms with Gasteiger partial charge < -0.3 is 10.2 Å². The molecule has 0 saturated heterocycles. The summed E-state index contributed by atoms with van der Waals surface area (Å²) in [7, 11) is -2.68. The van der Waals surface area contributed by atoms with Crippen molar-refractivity contribution in [3.8, 4) is 0 Å². The van der Waals surface area contributed by atoms with Gasteiger partial charge >= 0.3 is 0 Å². The summed E-state index contributed by atoms with van der Waals surface area (Å²) in [6.45, 7) is -0.684. The molecule has 11 heteroatoms. The number of amides is 2. The first-order valence-electron chi connectivity index (χ1n) is 12.9. The van der Waals surface area contributed by atoms with Crippen LogP contribution in [-0.4, -0.2) is 44.8 Å². The minimum Gasteiger partial charge on any atom is -0.357 e. The predicted molar refractivity (Wildman–Crippen MR) is 175 cm³/mol. The van der Waals surface area contributed by atoms with E-state index in [1.54, 1.807) is 60.7 Å². The molecule has 0 aliphatic heterocycles. The number of nitrogens with zero attached hydrogens (tertiary/aromatic N) is 2. The zero-order valence-electron chi connectivity index (χ0n) is 22.6. The molecule has 0 unspecified atom stereocenters. The van der Waals surface area contributed by atoms with Gasteiger partial charge in [0, 0.05) is 39.2 Å². The third-order valence-electron chi connectivity index (χ3n) is 6.63. The van der Waals surface area contributed by atoms with E-state index in [0.717, 1.165) is 13.4 Å². The Kier molecular flexibility index (Phi) is 10.9. The molecule has 42 heavy (non-hydrogen) atoms. The highest BCUT2D eigenvalue weighted by Crippen LogP contribution is 2.29. The molecular formula is C31H28Cl2IN3O4S. The van der Waals surface area contributed by atoms with Crippen molar-refractivity contribution in [1.82, 2.24) is 10.2 Å². The summed E-state index contributed by atoms with van der Waals surface area (Å²) < 4.78 is 29.8. The van der Waals surface area contributed by atoms with E-state index in [1.165, 1.54) is 24.1 Å². The topological polar surface area (TPSA) is 86.8 Å². The van der Waals surface area contributed by atoms with Crippen molar-refractivity contribution in [3.63, 3.8) is 0 Å². The van der Waals surface area contributed by atoms with Gasteiger partial charge in [-0.05, 0) is 76.7 Å². The highest BCUT2D eigenvalue weighted by Gasteiger charge is 2.34. The van der Waals surface area contributed by atoms with Gasteiger partial charge in [-0.25, -0.2) is 8.42 Å². The van der Waals surface area contributed by atoms with Crippen molar-refractivity contribution >= 4 is 73.3 Å². The van der Waals surface area contributed by atoms with Crippen LogP contribution in [0.3, 0.4) is 0 Å². The van der Waals surface area contributed by atoms with Crippen LogP contribution in [0.25, 0.3) is 0 Å². The van der Waals surface area contributed by atoms with Gasteiger partial charge in [0.15, 0.2) is 0 Å². The molecule has 4 aromatic carbocycles. The molecule has 0 saturated carbocycles. The molecule has 0 aliphatic carbocycles. The Bertz CT molecular complexity index is 1620. The normalized spacial score (nSPS) is 11.9. The Balaban J connectivity index is 1.81. The number of benzene rings is 4. The van der Waals surface area contributed by atoms with Crippen molar-refractivity contribution < 1.29 is 18.0 Å². The van der Waals surface area contributed by atoms with Crippen LogP contribution in [0.5, 0.6) is 0 Å². The zero-order chi connectivity index (χ0) is 30.3. The highest BCUT2D eigenvalue weighted by atomic mass is 127. The molecule has 1 N–H and O–H groups in total. The van der Waals surface area contributed by atoms with Crippen LogP contribution in [0.15, 0.2) is 108 Å². The third-order valence-corrected chi connectivity index (χ3v) is 9.85. The maximum atomic E-state index is 14.3. The van der Waals surface area contributed by atoms with Gasteiger partial charge in [0.05, 0.1) is 10.6 Å². The summed E-state index contributed by atoms with van der Waals surface area (Å²) in [6.07, 6.45) is 0.184. The zero-order valence-corrected chi connectivity index (χ0v) is 27.1. The molecule has 0 aliphatic rings. The number of carbonyl (C=O) groups excluding carboxylic acids is 2. The number of carbonyl (C=O) groups is 2. The Morgan fingerprint density at radius 3 is 1.98 bits per heavy atom. The fourth-order valence-corrected chi connectivity index (χ4v) is 6.74. The number of nitrogens with one attached hydrogen (secondary N) is 1. The lowest BCUT2D eigenvalue weighted by Crippen LogP contribution is -2.53. The molecule has 0 aromatic heterocycles. The molecule has 1 atom stereocenters. The second-order valence-electron chi connectivity index (χ2n) is 9.34. The molecule has 218 valence electrons. The van der Waals surface area contributed by atoms with Crippen molar-refractivity contribution in [1.29, 1.82) is 0 Å². The first-order valence-corrected chi connectivity index (χ1v) is 16.2. The van der Waals surface area contributed by atoms with Gasteiger partial charge in [0.2, 0.25) is 11.8 Å². The lowest BCUT2D eigenvalue weighted by Gasteiger charge is -2.34. The first kappa shape index (κ1) is 31.8. The molecule has 0 radical (unpaired) electrons. The van der Waals surface area contributed by atoms with Crippen LogP contribution in [0.1, 0.15) is 11.1 Å². The average molecular weight is 736 g/mol. The Labute approximate surface area is 269 Å². The van der Waals surface area contributed by atoms with Crippen LogP contribution < -0.4 is 9.62 Å². The molecule has 7 nitrogen and oxygen atoms in total. The van der Waals surface area contributed by atoms with Gasteiger partial charge in [-0.15, -0.1) is 0 Å². The standard InChI is InChI=1S/C31H28Cl2IN3O4S/c1-35-31(39)29(19-22-9-4-2-5-10-22)36(20-26-27(32)13-8-14-28(26)33)30(38)21-37(24-17-15-23(34)16-18-24)42(40,41)25-11-6-3-7-12-25/h2-18,29H,19-21H2,1H3,(H,35,39)/t29-/m1/s1. The number of hydrogen-bond acceptors (Lipinski definition) is 4. The Morgan fingerprint density at radius 2 is 1.40 bits per heavy atom. The second-order valence-corrected chi connectivity index (χ2v) is 13.3. The molecule has 0 spiro atoms. The molecule has 0 bridgehead atoms. The molecule has 0 fully saturated rings. The van der Waals surface area contributed by atoms with E-state index in [2.05, 4.69) is 27.9 Å². The first-order chi connectivity index (χ1) is 20.1. The summed E-state index contributed by atoms with van der Waals surface area (Å²) in [4.78, 5) is 29.0. The van der Waals surface area contributed by atoms with E-state index in [9.17, 15) is 18.0 Å². The minimum absolute atomic E-state index is 0.0317. The lowest BCUT2D eigenvalue weighted by molar-refractivity contribution is -0.139. The largest absolute Gasteiger partial charge is 0.357 e. The molecular weight excluding hydrogens is 708 g/mol. The Morgan fingerprint density at radius 1 is 0.833 bits per heavy atom. The van der Waals surface area contributed by atoms with Crippen LogP contribution in [0.4, 0.5) is 5.69 Å². The van der Waals surface area contributed by atoms with Crippen molar-refractivity contribution in [2.75, 3.05) is 17.9 Å².